The molecule has 2 aromatic carbocycles. The van der Waals surface area contributed by atoms with Gasteiger partial charge < -0.3 is 25.0 Å². The number of morpholine rings is 1. The molecular formula is C25H26N6O3. The number of methoxy groups -OCH3 is 1. The summed E-state index contributed by atoms with van der Waals surface area (Å²) in [5.74, 6) is 0.732. The standard InChI is InChI=1S/C25H26N6O3/c1-17-16-34-14-13-30(17)23-15-22(29-31-12-11-26-24(23)31)18-3-5-19(6-4-18)27-25(32)28-20-7-9-21(33-2)10-8-20/h3-12,15,17H,13-14,16H2,1-2H3,(H2,27,28,32)/t17-/m0/s1. The van der Waals surface area contributed by atoms with Gasteiger partial charge in [-0.25, -0.2) is 14.3 Å². The molecule has 0 aliphatic carbocycles. The molecule has 0 radical (unpaired) electrons. The first-order chi connectivity index (χ1) is 16.6. The number of benzene rings is 2. The lowest BCUT2D eigenvalue weighted by Gasteiger charge is -2.35. The highest BCUT2D eigenvalue weighted by Gasteiger charge is 2.23. The van der Waals surface area contributed by atoms with Crippen LogP contribution in [-0.2, 0) is 4.74 Å². The van der Waals surface area contributed by atoms with E-state index < -0.39 is 0 Å². The molecule has 0 saturated carbocycles. The summed E-state index contributed by atoms with van der Waals surface area (Å²) in [4.78, 5) is 19.2. The van der Waals surface area contributed by atoms with E-state index in [0.29, 0.717) is 24.6 Å². The van der Waals surface area contributed by atoms with E-state index >= 15 is 0 Å². The quantitative estimate of drug-likeness (QED) is 0.464. The van der Waals surface area contributed by atoms with Crippen molar-refractivity contribution in [3.8, 4) is 17.0 Å². The minimum absolute atomic E-state index is 0.250. The molecule has 1 fully saturated rings. The second kappa shape index (κ2) is 9.40. The zero-order chi connectivity index (χ0) is 23.5. The lowest BCUT2D eigenvalue weighted by atomic mass is 10.1. The highest BCUT2D eigenvalue weighted by Crippen LogP contribution is 2.29. The molecule has 0 bridgehead atoms. The first kappa shape index (κ1) is 21.7. The summed E-state index contributed by atoms with van der Waals surface area (Å²) in [6.45, 7) is 4.33. The Labute approximate surface area is 197 Å². The molecule has 5 rings (SSSR count). The van der Waals surface area contributed by atoms with Crippen molar-refractivity contribution in [3.63, 3.8) is 0 Å². The Hall–Kier alpha value is -4.11. The van der Waals surface area contributed by atoms with Crippen LogP contribution < -0.4 is 20.3 Å². The minimum atomic E-state index is -0.320. The van der Waals surface area contributed by atoms with Crippen LogP contribution in [-0.4, -0.2) is 53.5 Å². The van der Waals surface area contributed by atoms with E-state index in [4.69, 9.17) is 14.6 Å². The van der Waals surface area contributed by atoms with Gasteiger partial charge in [0.1, 0.15) is 5.75 Å². The number of nitrogens with zero attached hydrogens (tertiary/aromatic N) is 4. The van der Waals surface area contributed by atoms with E-state index in [2.05, 4.69) is 33.5 Å². The third-order valence-corrected chi connectivity index (χ3v) is 5.80. The normalized spacial score (nSPS) is 15.8. The van der Waals surface area contributed by atoms with Crippen LogP contribution in [0.25, 0.3) is 16.9 Å². The van der Waals surface area contributed by atoms with Crippen molar-refractivity contribution >= 4 is 28.7 Å². The maximum atomic E-state index is 12.4. The minimum Gasteiger partial charge on any atom is -0.497 e. The fraction of sp³-hybridized carbons (Fsp3) is 0.240. The Kier molecular flexibility index (Phi) is 6.01. The van der Waals surface area contributed by atoms with Gasteiger partial charge in [0, 0.05) is 41.9 Å². The summed E-state index contributed by atoms with van der Waals surface area (Å²) in [5, 5.41) is 10.4. The second-order valence-corrected chi connectivity index (χ2v) is 8.11. The Morgan fingerprint density at radius 1 is 1.09 bits per heavy atom. The first-order valence-corrected chi connectivity index (χ1v) is 11.1. The van der Waals surface area contributed by atoms with Crippen LogP contribution in [0.1, 0.15) is 6.92 Å². The molecule has 2 N–H and O–H groups in total. The lowest BCUT2D eigenvalue weighted by Crippen LogP contribution is -2.44. The molecule has 1 aliphatic rings. The third-order valence-electron chi connectivity index (χ3n) is 5.80. The molecule has 0 spiro atoms. The molecule has 34 heavy (non-hydrogen) atoms. The van der Waals surface area contributed by atoms with Crippen LogP contribution in [0.3, 0.4) is 0 Å². The summed E-state index contributed by atoms with van der Waals surface area (Å²) < 4.78 is 12.5. The zero-order valence-corrected chi connectivity index (χ0v) is 19.1. The summed E-state index contributed by atoms with van der Waals surface area (Å²) in [5.41, 5.74) is 4.99. The Morgan fingerprint density at radius 2 is 1.79 bits per heavy atom. The number of carbonyl (C=O) groups excluding carboxylic acids is 1. The summed E-state index contributed by atoms with van der Waals surface area (Å²) >= 11 is 0. The number of anilines is 3. The van der Waals surface area contributed by atoms with Gasteiger partial charge in [-0.15, -0.1) is 0 Å². The fourth-order valence-electron chi connectivity index (χ4n) is 4.03. The van der Waals surface area contributed by atoms with Gasteiger partial charge in [0.15, 0.2) is 5.65 Å². The van der Waals surface area contributed by atoms with E-state index in [0.717, 1.165) is 34.9 Å². The van der Waals surface area contributed by atoms with Crippen molar-refractivity contribution in [2.24, 2.45) is 0 Å². The van der Waals surface area contributed by atoms with Crippen LogP contribution in [0, 0.1) is 0 Å². The average Bonchev–Trinajstić information content (AvgIpc) is 3.34. The number of hydrogen-bond donors (Lipinski definition) is 2. The Bertz CT molecular complexity index is 1290. The smallest absolute Gasteiger partial charge is 0.323 e. The summed E-state index contributed by atoms with van der Waals surface area (Å²) in [7, 11) is 1.60. The van der Waals surface area contributed by atoms with E-state index in [1.165, 1.54) is 0 Å². The fourth-order valence-corrected chi connectivity index (χ4v) is 4.03. The maximum absolute atomic E-state index is 12.4. The summed E-state index contributed by atoms with van der Waals surface area (Å²) in [6.07, 6.45) is 3.61. The topological polar surface area (TPSA) is 93.0 Å². The highest BCUT2D eigenvalue weighted by molar-refractivity contribution is 5.99. The van der Waals surface area contributed by atoms with Gasteiger partial charge in [0.25, 0.3) is 0 Å². The van der Waals surface area contributed by atoms with Crippen molar-refractivity contribution in [3.05, 3.63) is 67.0 Å². The molecule has 2 aromatic heterocycles. The van der Waals surface area contributed by atoms with Gasteiger partial charge in [-0.05, 0) is 49.4 Å². The predicted molar refractivity (Wildman–Crippen MR) is 132 cm³/mol. The summed E-state index contributed by atoms with van der Waals surface area (Å²) in [6, 6.07) is 16.8. The third kappa shape index (κ3) is 4.51. The SMILES string of the molecule is COc1ccc(NC(=O)Nc2ccc(-c3cc(N4CCOC[C@@H]4C)c4nccn4n3)cc2)cc1. The maximum Gasteiger partial charge on any atom is 0.323 e. The lowest BCUT2D eigenvalue weighted by molar-refractivity contribution is 0.0990. The molecule has 1 aliphatic heterocycles. The molecule has 9 heteroatoms. The average molecular weight is 459 g/mol. The number of urea groups is 1. The van der Waals surface area contributed by atoms with Crippen molar-refractivity contribution in [2.45, 2.75) is 13.0 Å². The van der Waals surface area contributed by atoms with E-state index in [-0.39, 0.29) is 12.1 Å². The van der Waals surface area contributed by atoms with Crippen LogP contribution in [0.5, 0.6) is 5.75 Å². The van der Waals surface area contributed by atoms with Gasteiger partial charge in [-0.2, -0.15) is 5.10 Å². The largest absolute Gasteiger partial charge is 0.497 e. The molecule has 1 saturated heterocycles. The molecule has 174 valence electrons. The monoisotopic (exact) mass is 458 g/mol. The van der Waals surface area contributed by atoms with Crippen LogP contribution >= 0.6 is 0 Å². The van der Waals surface area contributed by atoms with Crippen molar-refractivity contribution in [1.82, 2.24) is 14.6 Å². The number of rotatable bonds is 5. The number of aromatic nitrogens is 3. The van der Waals surface area contributed by atoms with Crippen molar-refractivity contribution < 1.29 is 14.3 Å². The van der Waals surface area contributed by atoms with E-state index in [1.807, 2.05) is 30.5 Å². The Morgan fingerprint density at radius 3 is 2.47 bits per heavy atom. The zero-order valence-electron chi connectivity index (χ0n) is 19.1. The van der Waals surface area contributed by atoms with Crippen LogP contribution in [0.15, 0.2) is 67.0 Å². The number of carbonyl (C=O) groups is 1. The molecular weight excluding hydrogens is 432 g/mol. The van der Waals surface area contributed by atoms with Crippen LogP contribution in [0.2, 0.25) is 0 Å². The molecule has 1 atom stereocenters. The van der Waals surface area contributed by atoms with Gasteiger partial charge in [0.2, 0.25) is 0 Å². The molecule has 3 heterocycles. The van der Waals surface area contributed by atoms with E-state index in [1.54, 1.807) is 42.1 Å². The van der Waals surface area contributed by atoms with Crippen molar-refractivity contribution in [2.75, 3.05) is 42.4 Å². The first-order valence-electron chi connectivity index (χ1n) is 11.1. The van der Waals surface area contributed by atoms with Crippen LogP contribution in [0.4, 0.5) is 21.9 Å². The van der Waals surface area contributed by atoms with E-state index in [9.17, 15) is 4.79 Å². The van der Waals surface area contributed by atoms with Gasteiger partial charge in [-0.1, -0.05) is 12.1 Å². The Balaban J connectivity index is 1.33. The number of ether oxygens (including phenoxy) is 2. The second-order valence-electron chi connectivity index (χ2n) is 8.11. The number of hydrogen-bond acceptors (Lipinski definition) is 6. The van der Waals surface area contributed by atoms with Gasteiger partial charge in [-0.3, -0.25) is 0 Å². The molecule has 9 nitrogen and oxygen atoms in total. The molecule has 0 unspecified atom stereocenters. The molecule has 2 amide bonds. The number of imidazole rings is 1. The number of amides is 2. The predicted octanol–water partition coefficient (Wildman–Crippen LogP) is 4.27. The highest BCUT2D eigenvalue weighted by atomic mass is 16.5. The number of fused-ring (bicyclic) bond motifs is 1. The molecule has 4 aromatic rings. The van der Waals surface area contributed by atoms with Gasteiger partial charge in [0.05, 0.1) is 31.7 Å². The number of nitrogens with one attached hydrogen (secondary N) is 2. The van der Waals surface area contributed by atoms with Gasteiger partial charge >= 0.3 is 6.03 Å². The van der Waals surface area contributed by atoms with Crippen molar-refractivity contribution in [1.29, 1.82) is 0 Å².